The third-order valence-electron chi connectivity index (χ3n) is 6.20. The Labute approximate surface area is 185 Å². The summed E-state index contributed by atoms with van der Waals surface area (Å²) in [5, 5.41) is 0. The third kappa shape index (κ3) is 4.46. The first-order valence-electron chi connectivity index (χ1n) is 10.4. The lowest BCUT2D eigenvalue weighted by Gasteiger charge is -2.36. The van der Waals surface area contributed by atoms with Gasteiger partial charge in [0.1, 0.15) is 5.82 Å². The third-order valence-corrected chi connectivity index (χ3v) is 7.35. The van der Waals surface area contributed by atoms with Crippen molar-refractivity contribution >= 4 is 21.7 Å². The Balaban J connectivity index is 1.47. The summed E-state index contributed by atoms with van der Waals surface area (Å²) in [6, 6.07) is 9.39. The highest BCUT2D eigenvalue weighted by atomic mass is 32.2. The van der Waals surface area contributed by atoms with Crippen LogP contribution in [-0.2, 0) is 27.4 Å². The molecule has 1 fully saturated rings. The van der Waals surface area contributed by atoms with Crippen molar-refractivity contribution in [1.29, 1.82) is 0 Å². The molecule has 1 aliphatic carbocycles. The smallest absolute Gasteiger partial charge is 0.357 e. The number of aromatic nitrogens is 1. The molecule has 2 aromatic rings. The van der Waals surface area contributed by atoms with Crippen LogP contribution in [0.2, 0.25) is 0 Å². The van der Waals surface area contributed by atoms with E-state index in [1.807, 2.05) is 29.2 Å². The van der Waals surface area contributed by atoms with Crippen LogP contribution in [0.3, 0.4) is 0 Å². The minimum absolute atomic E-state index is 0.405. The molecule has 0 spiro atoms. The van der Waals surface area contributed by atoms with Crippen LogP contribution in [0.25, 0.3) is 0 Å². The number of sulfonamides is 1. The minimum Gasteiger partial charge on any atom is -0.357 e. The quantitative estimate of drug-likeness (QED) is 0.684. The van der Waals surface area contributed by atoms with Crippen LogP contribution < -0.4 is 4.90 Å². The fraction of sp³-hybridized carbons (Fsp3) is 0.455. The highest BCUT2D eigenvalue weighted by Crippen LogP contribution is 2.39. The number of carbonyl (C=O) groups excluding carboxylic acids is 1. The maximum Gasteiger partial charge on any atom is 0.417 e. The van der Waals surface area contributed by atoms with Gasteiger partial charge in [-0.1, -0.05) is 24.3 Å². The largest absolute Gasteiger partial charge is 0.417 e. The molecule has 0 saturated carbocycles. The molecule has 1 aromatic heterocycles. The molecule has 2 aliphatic rings. The van der Waals surface area contributed by atoms with Gasteiger partial charge in [0.05, 0.1) is 17.9 Å². The molecule has 10 heteroatoms. The van der Waals surface area contributed by atoms with E-state index >= 15 is 0 Å². The summed E-state index contributed by atoms with van der Waals surface area (Å²) >= 11 is 0. The lowest BCUT2D eigenvalue weighted by molar-refractivity contribution is -0.138. The van der Waals surface area contributed by atoms with Crippen LogP contribution in [0.15, 0.2) is 42.6 Å². The molecular formula is C22H24F3N3O3S. The van der Waals surface area contributed by atoms with E-state index in [2.05, 4.69) is 4.98 Å². The monoisotopic (exact) mass is 467 g/mol. The molecule has 1 saturated heterocycles. The second-order valence-corrected chi connectivity index (χ2v) is 10.2. The maximum atomic E-state index is 13.3. The maximum absolute atomic E-state index is 13.3. The fourth-order valence-electron chi connectivity index (χ4n) is 4.60. The van der Waals surface area contributed by atoms with Gasteiger partial charge < -0.3 is 4.90 Å². The number of halogens is 3. The minimum atomic E-state index is -4.45. The molecular weight excluding hydrogens is 443 g/mol. The van der Waals surface area contributed by atoms with Gasteiger partial charge in [-0.25, -0.2) is 17.7 Å². The van der Waals surface area contributed by atoms with E-state index in [0.29, 0.717) is 38.2 Å². The van der Waals surface area contributed by atoms with Crippen molar-refractivity contribution in [2.75, 3.05) is 24.2 Å². The fourth-order valence-corrected chi connectivity index (χ4v) is 5.76. The summed E-state index contributed by atoms with van der Waals surface area (Å²) in [6.07, 6.45) is -0.490. The molecule has 1 aliphatic heterocycles. The van der Waals surface area contributed by atoms with E-state index in [0.717, 1.165) is 40.4 Å². The molecule has 1 atom stereocenters. The van der Waals surface area contributed by atoms with Gasteiger partial charge in [0.25, 0.3) is 0 Å². The van der Waals surface area contributed by atoms with Gasteiger partial charge in [-0.2, -0.15) is 13.2 Å². The molecule has 1 unspecified atom stereocenters. The van der Waals surface area contributed by atoms with Gasteiger partial charge in [-0.3, -0.25) is 4.79 Å². The van der Waals surface area contributed by atoms with Gasteiger partial charge in [0, 0.05) is 25.2 Å². The van der Waals surface area contributed by atoms with E-state index in [-0.39, 0.29) is 0 Å². The van der Waals surface area contributed by atoms with Crippen molar-refractivity contribution in [2.24, 2.45) is 5.92 Å². The van der Waals surface area contributed by atoms with Crippen LogP contribution in [0.1, 0.15) is 42.0 Å². The molecule has 1 aromatic carbocycles. The number of anilines is 1. The van der Waals surface area contributed by atoms with Crippen LogP contribution in [0, 0.1) is 5.92 Å². The van der Waals surface area contributed by atoms with Gasteiger partial charge in [-0.05, 0) is 48.9 Å². The van der Waals surface area contributed by atoms with Gasteiger partial charge in [-0.15, -0.1) is 0 Å². The SMILES string of the molecule is CS(=O)(=O)N(C(=O)C1CCN(c2ccc(C(F)(F)F)cn2)CC1)C1CCc2ccccc21. The molecule has 32 heavy (non-hydrogen) atoms. The lowest BCUT2D eigenvalue weighted by atomic mass is 9.95. The predicted octanol–water partition coefficient (Wildman–Crippen LogP) is 3.79. The number of rotatable bonds is 4. The molecule has 1 amide bonds. The number of nitrogens with zero attached hydrogens (tertiary/aromatic N) is 3. The number of aryl methyl sites for hydroxylation is 1. The van der Waals surface area contributed by atoms with E-state index in [1.165, 1.54) is 6.07 Å². The van der Waals surface area contributed by atoms with E-state index in [1.54, 1.807) is 0 Å². The summed E-state index contributed by atoms with van der Waals surface area (Å²) in [5.74, 6) is -0.467. The van der Waals surface area contributed by atoms with Gasteiger partial charge in [0.15, 0.2) is 0 Å². The number of alkyl halides is 3. The molecule has 4 rings (SSSR count). The van der Waals surface area contributed by atoms with Crippen molar-refractivity contribution in [1.82, 2.24) is 9.29 Å². The Morgan fingerprint density at radius 2 is 1.78 bits per heavy atom. The second kappa shape index (κ2) is 8.38. The standard InChI is InChI=1S/C22H24F3N3O3S/c1-32(30,31)28(19-8-6-15-4-2-3-5-18(15)19)21(29)16-10-12-27(13-11-16)20-9-7-17(14-26-20)22(23,24)25/h2-5,7,9,14,16,19H,6,8,10-13H2,1H3. The number of fused-ring (bicyclic) bond motifs is 1. The number of hydrogen-bond donors (Lipinski definition) is 0. The Bertz CT molecular complexity index is 1100. The summed E-state index contributed by atoms with van der Waals surface area (Å²) < 4.78 is 64.5. The Kier molecular flexibility index (Phi) is 5.91. The zero-order chi connectivity index (χ0) is 23.1. The predicted molar refractivity (Wildman–Crippen MR) is 113 cm³/mol. The van der Waals surface area contributed by atoms with Crippen LogP contribution in [0.4, 0.5) is 19.0 Å². The van der Waals surface area contributed by atoms with Crippen molar-refractivity contribution in [2.45, 2.75) is 37.9 Å². The average molecular weight is 468 g/mol. The molecule has 172 valence electrons. The van der Waals surface area contributed by atoms with Crippen molar-refractivity contribution < 1.29 is 26.4 Å². The number of hydrogen-bond acceptors (Lipinski definition) is 5. The average Bonchev–Trinajstić information content (AvgIpc) is 3.16. The van der Waals surface area contributed by atoms with Crippen LogP contribution >= 0.6 is 0 Å². The summed E-state index contributed by atoms with van der Waals surface area (Å²) in [5.41, 5.74) is 1.12. The first kappa shape index (κ1) is 22.6. The van der Waals surface area contributed by atoms with Crippen molar-refractivity contribution in [3.63, 3.8) is 0 Å². The molecule has 2 heterocycles. The summed E-state index contributed by atoms with van der Waals surface area (Å²) in [7, 11) is -3.77. The van der Waals surface area contributed by atoms with Crippen LogP contribution in [-0.4, -0.2) is 43.0 Å². The lowest BCUT2D eigenvalue weighted by Crippen LogP contribution is -2.46. The van der Waals surface area contributed by atoms with Gasteiger partial charge in [0.2, 0.25) is 15.9 Å². The number of amides is 1. The zero-order valence-electron chi connectivity index (χ0n) is 17.5. The van der Waals surface area contributed by atoms with Crippen LogP contribution in [0.5, 0.6) is 0 Å². The molecule has 0 radical (unpaired) electrons. The Hall–Kier alpha value is -2.62. The number of carbonyl (C=O) groups is 1. The molecule has 6 nitrogen and oxygen atoms in total. The van der Waals surface area contributed by atoms with E-state index < -0.39 is 39.6 Å². The first-order valence-corrected chi connectivity index (χ1v) is 12.3. The van der Waals surface area contributed by atoms with E-state index in [4.69, 9.17) is 0 Å². The molecule has 0 bridgehead atoms. The highest BCUT2D eigenvalue weighted by molar-refractivity contribution is 7.88. The van der Waals surface area contributed by atoms with E-state index in [9.17, 15) is 26.4 Å². The zero-order valence-corrected chi connectivity index (χ0v) is 18.4. The second-order valence-electron chi connectivity index (χ2n) is 8.31. The summed E-state index contributed by atoms with van der Waals surface area (Å²) in [6.45, 7) is 0.821. The summed E-state index contributed by atoms with van der Waals surface area (Å²) in [4.78, 5) is 19.1. The normalized spacial score (nSPS) is 19.6. The first-order chi connectivity index (χ1) is 15.1. The van der Waals surface area contributed by atoms with Crippen molar-refractivity contribution in [3.05, 3.63) is 59.3 Å². The Morgan fingerprint density at radius 1 is 1.09 bits per heavy atom. The highest BCUT2D eigenvalue weighted by Gasteiger charge is 2.40. The van der Waals surface area contributed by atoms with Gasteiger partial charge >= 0.3 is 6.18 Å². The van der Waals surface area contributed by atoms with Crippen molar-refractivity contribution in [3.8, 4) is 0 Å². The number of pyridine rings is 1. The Morgan fingerprint density at radius 3 is 2.38 bits per heavy atom. The number of piperidine rings is 1. The topological polar surface area (TPSA) is 70.6 Å². The number of benzene rings is 1. The molecule has 0 N–H and O–H groups in total.